The molecule has 3 heterocycles. The Morgan fingerprint density at radius 1 is 1.13 bits per heavy atom. The van der Waals surface area contributed by atoms with Crippen LogP contribution in [0, 0.1) is 5.92 Å². The zero-order valence-corrected chi connectivity index (χ0v) is 17.8. The molecule has 2 aliphatic heterocycles. The lowest BCUT2D eigenvalue weighted by Gasteiger charge is -2.25. The molecule has 2 amide bonds. The normalized spacial score (nSPS) is 20.7. The van der Waals surface area contributed by atoms with Crippen molar-refractivity contribution in [2.45, 2.75) is 51.1 Å². The Morgan fingerprint density at radius 2 is 2.03 bits per heavy atom. The third-order valence-corrected chi connectivity index (χ3v) is 6.61. The number of hydrogen-bond acceptors (Lipinski definition) is 4. The van der Waals surface area contributed by atoms with Gasteiger partial charge in [0.25, 0.3) is 0 Å². The first-order valence-corrected chi connectivity index (χ1v) is 11.4. The molecule has 0 N–H and O–H groups in total. The monoisotopic (exact) mass is 419 g/mol. The number of carbonyl (C=O) groups is 2. The van der Waals surface area contributed by atoms with Crippen LogP contribution in [0.25, 0.3) is 0 Å². The minimum absolute atomic E-state index is 0.142. The van der Waals surface area contributed by atoms with Crippen LogP contribution in [0.5, 0.6) is 5.75 Å². The fourth-order valence-corrected chi connectivity index (χ4v) is 4.76. The molecule has 1 saturated heterocycles. The summed E-state index contributed by atoms with van der Waals surface area (Å²) >= 11 is 0. The summed E-state index contributed by atoms with van der Waals surface area (Å²) in [5.74, 6) is 1.53. The first-order chi connectivity index (χ1) is 15.2. The molecule has 162 valence electrons. The maximum Gasteiger partial charge on any atom is 0.226 e. The fourth-order valence-electron chi connectivity index (χ4n) is 4.76. The van der Waals surface area contributed by atoms with Gasteiger partial charge in [-0.15, -0.1) is 0 Å². The van der Waals surface area contributed by atoms with Crippen LogP contribution < -0.4 is 4.74 Å². The van der Waals surface area contributed by atoms with Gasteiger partial charge in [-0.25, -0.2) is 0 Å². The highest BCUT2D eigenvalue weighted by Crippen LogP contribution is 2.34. The Bertz CT molecular complexity index is 958. The smallest absolute Gasteiger partial charge is 0.226 e. The van der Waals surface area contributed by atoms with Crippen molar-refractivity contribution in [3.05, 3.63) is 59.4 Å². The summed E-state index contributed by atoms with van der Waals surface area (Å²) in [5, 5.41) is 0. The summed E-state index contributed by atoms with van der Waals surface area (Å²) in [5.41, 5.74) is 3.29. The molecule has 5 rings (SSSR count). The summed E-state index contributed by atoms with van der Waals surface area (Å²) in [6.45, 7) is 2.59. The number of aromatic nitrogens is 1. The van der Waals surface area contributed by atoms with Crippen molar-refractivity contribution in [3.63, 3.8) is 0 Å². The lowest BCUT2D eigenvalue weighted by molar-refractivity contribution is -0.133. The first kappa shape index (κ1) is 20.0. The van der Waals surface area contributed by atoms with Crippen LogP contribution >= 0.6 is 0 Å². The first-order valence-electron chi connectivity index (χ1n) is 11.4. The predicted octanol–water partition coefficient (Wildman–Crippen LogP) is 3.51. The van der Waals surface area contributed by atoms with Gasteiger partial charge in [-0.3, -0.25) is 14.6 Å². The fraction of sp³-hybridized carbons (Fsp3) is 0.480. The van der Waals surface area contributed by atoms with Gasteiger partial charge in [-0.2, -0.15) is 0 Å². The van der Waals surface area contributed by atoms with Gasteiger partial charge in [0, 0.05) is 43.4 Å². The van der Waals surface area contributed by atoms with E-state index in [-0.39, 0.29) is 23.8 Å². The van der Waals surface area contributed by atoms with Gasteiger partial charge in [-0.05, 0) is 55.4 Å². The van der Waals surface area contributed by atoms with E-state index >= 15 is 0 Å². The largest absolute Gasteiger partial charge is 0.491 e. The lowest BCUT2D eigenvalue weighted by Crippen LogP contribution is -2.33. The molecular formula is C25H29N3O3. The highest BCUT2D eigenvalue weighted by atomic mass is 16.5. The summed E-state index contributed by atoms with van der Waals surface area (Å²) in [6.07, 6.45) is 8.89. The molecule has 1 aromatic heterocycles. The third kappa shape index (κ3) is 4.43. The number of aryl methyl sites for hydroxylation is 1. The van der Waals surface area contributed by atoms with Crippen molar-refractivity contribution in [1.29, 1.82) is 0 Å². The molecule has 0 radical (unpaired) electrons. The molecule has 31 heavy (non-hydrogen) atoms. The molecule has 1 aromatic carbocycles. The van der Waals surface area contributed by atoms with Crippen molar-refractivity contribution in [3.8, 4) is 5.75 Å². The van der Waals surface area contributed by atoms with Crippen LogP contribution in [-0.4, -0.2) is 46.3 Å². The second-order valence-corrected chi connectivity index (χ2v) is 8.86. The van der Waals surface area contributed by atoms with Crippen LogP contribution in [0.4, 0.5) is 0 Å². The number of nitrogens with zero attached hydrogens (tertiary/aromatic N) is 3. The molecule has 2 aromatic rings. The van der Waals surface area contributed by atoms with E-state index in [9.17, 15) is 9.59 Å². The quantitative estimate of drug-likeness (QED) is 0.744. The highest BCUT2D eigenvalue weighted by molar-refractivity contribution is 5.81. The second-order valence-electron chi connectivity index (χ2n) is 8.86. The third-order valence-electron chi connectivity index (χ3n) is 6.61. The molecule has 2 fully saturated rings. The number of amides is 2. The van der Waals surface area contributed by atoms with Gasteiger partial charge in [0.1, 0.15) is 12.4 Å². The Balaban J connectivity index is 1.23. The van der Waals surface area contributed by atoms with E-state index in [4.69, 9.17) is 4.74 Å². The van der Waals surface area contributed by atoms with E-state index in [0.29, 0.717) is 32.5 Å². The summed E-state index contributed by atoms with van der Waals surface area (Å²) < 4.78 is 5.88. The van der Waals surface area contributed by atoms with Crippen molar-refractivity contribution >= 4 is 11.8 Å². The van der Waals surface area contributed by atoms with Crippen molar-refractivity contribution < 1.29 is 14.3 Å². The van der Waals surface area contributed by atoms with E-state index in [1.165, 1.54) is 0 Å². The topological polar surface area (TPSA) is 62.7 Å². The summed E-state index contributed by atoms with van der Waals surface area (Å²) in [6, 6.07) is 10.3. The van der Waals surface area contributed by atoms with Crippen LogP contribution in [-0.2, 0) is 22.6 Å². The van der Waals surface area contributed by atoms with Crippen LogP contribution in [0.2, 0.25) is 0 Å². The molecule has 6 nitrogen and oxygen atoms in total. The number of benzene rings is 1. The van der Waals surface area contributed by atoms with Crippen LogP contribution in [0.3, 0.4) is 0 Å². The number of hydrogen-bond donors (Lipinski definition) is 0. The predicted molar refractivity (Wildman–Crippen MR) is 116 cm³/mol. The van der Waals surface area contributed by atoms with Gasteiger partial charge in [0.05, 0.1) is 12.6 Å². The van der Waals surface area contributed by atoms with Gasteiger partial charge in [0.15, 0.2) is 0 Å². The Morgan fingerprint density at radius 3 is 2.84 bits per heavy atom. The Kier molecular flexibility index (Phi) is 5.62. The van der Waals surface area contributed by atoms with Crippen LogP contribution in [0.1, 0.15) is 54.8 Å². The molecular weight excluding hydrogens is 390 g/mol. The lowest BCUT2D eigenvalue weighted by atomic mass is 10.0. The molecule has 1 unspecified atom stereocenters. The summed E-state index contributed by atoms with van der Waals surface area (Å²) in [4.78, 5) is 33.7. The van der Waals surface area contributed by atoms with E-state index in [1.54, 1.807) is 6.20 Å². The maximum absolute atomic E-state index is 13.0. The van der Waals surface area contributed by atoms with E-state index in [1.807, 2.05) is 34.2 Å². The van der Waals surface area contributed by atoms with Crippen molar-refractivity contribution in [2.24, 2.45) is 5.92 Å². The zero-order chi connectivity index (χ0) is 21.2. The van der Waals surface area contributed by atoms with Gasteiger partial charge in [-0.1, -0.05) is 18.2 Å². The number of fused-ring (bicyclic) bond motifs is 1. The van der Waals surface area contributed by atoms with E-state index in [2.05, 4.69) is 17.1 Å². The summed E-state index contributed by atoms with van der Waals surface area (Å²) in [7, 11) is 0. The number of carbonyl (C=O) groups excluding carboxylic acids is 2. The Labute approximate surface area is 183 Å². The van der Waals surface area contributed by atoms with Gasteiger partial charge >= 0.3 is 0 Å². The Hall–Kier alpha value is -2.89. The average Bonchev–Trinajstić information content (AvgIpc) is 3.57. The highest BCUT2D eigenvalue weighted by Gasteiger charge is 2.34. The minimum atomic E-state index is 0.142. The maximum atomic E-state index is 13.0. The molecule has 1 aliphatic carbocycles. The molecule has 1 saturated carbocycles. The molecule has 0 bridgehead atoms. The average molecular weight is 420 g/mol. The molecule has 6 heteroatoms. The minimum Gasteiger partial charge on any atom is -0.491 e. The van der Waals surface area contributed by atoms with Crippen molar-refractivity contribution in [1.82, 2.24) is 14.8 Å². The SMILES string of the molecule is O=C(C1CC1)N1CCOc2ccc(CCC(=O)N3CCCC3c3cccnc3)cc2C1. The number of ether oxygens (including phenoxy) is 1. The standard InChI is InChI=1S/C25H29N3O3/c29-24(28-12-2-4-22(28)20-3-1-11-26-16-20)10-6-18-5-9-23-21(15-18)17-27(13-14-31-23)25(30)19-7-8-19/h1,3,5,9,11,15-16,19,22H,2,4,6-8,10,12-14,17H2. The molecule has 3 aliphatic rings. The van der Waals surface area contributed by atoms with Crippen molar-refractivity contribution in [2.75, 3.05) is 19.7 Å². The number of pyridine rings is 1. The van der Waals surface area contributed by atoms with Crippen LogP contribution in [0.15, 0.2) is 42.7 Å². The zero-order valence-electron chi connectivity index (χ0n) is 17.8. The number of likely N-dealkylation sites (tertiary alicyclic amines) is 1. The van der Waals surface area contributed by atoms with Gasteiger partial charge < -0.3 is 14.5 Å². The second kappa shape index (κ2) is 8.69. The number of rotatable bonds is 5. The molecule has 0 spiro atoms. The van der Waals surface area contributed by atoms with E-state index < -0.39 is 0 Å². The van der Waals surface area contributed by atoms with E-state index in [0.717, 1.165) is 54.7 Å². The van der Waals surface area contributed by atoms with Gasteiger partial charge in [0.2, 0.25) is 11.8 Å². The molecule has 1 atom stereocenters.